The summed E-state index contributed by atoms with van der Waals surface area (Å²) in [5.41, 5.74) is 11.2. The quantitative estimate of drug-likeness (QED) is 0.0157. The molecule has 3 atom stereocenters. The van der Waals surface area contributed by atoms with Crippen molar-refractivity contribution in [1.82, 2.24) is 21.3 Å². The second-order valence-corrected chi connectivity index (χ2v) is 61.4. The normalized spacial score (nSPS) is 14.6. The molecule has 0 radical (unpaired) electrons. The van der Waals surface area contributed by atoms with E-state index in [1.54, 1.807) is 0 Å². The number of hydrogen-bond donors (Lipinski definition) is 6. The van der Waals surface area contributed by atoms with Gasteiger partial charge < -0.3 is 80.5 Å². The number of carbonyl (C=O) groups excluding carboxylic acids is 2. The summed E-state index contributed by atoms with van der Waals surface area (Å²) in [4.78, 5) is 22.6. The van der Waals surface area contributed by atoms with Gasteiger partial charge in [0.1, 0.15) is 37.9 Å². The van der Waals surface area contributed by atoms with Gasteiger partial charge in [-0.15, -0.1) is 0 Å². The fourth-order valence-electron chi connectivity index (χ4n) is 8.45. The minimum atomic E-state index is -2.60. The molecule has 0 spiro atoms. The molecule has 0 aromatic heterocycles. The van der Waals surface area contributed by atoms with Crippen LogP contribution in [0, 0.1) is 0 Å². The molecule has 470 valence electrons. The zero-order valence-corrected chi connectivity index (χ0v) is 62.7. The second kappa shape index (κ2) is 39.8. The van der Waals surface area contributed by atoms with Gasteiger partial charge in [-0.05, 0) is 168 Å². The van der Waals surface area contributed by atoms with Gasteiger partial charge >= 0.3 is 54.7 Å². The third-order valence-electron chi connectivity index (χ3n) is 10.3. The molecule has 2 rings (SSSR count). The van der Waals surface area contributed by atoms with E-state index in [2.05, 4.69) is 152 Å². The zero-order chi connectivity index (χ0) is 61.9. The van der Waals surface area contributed by atoms with Crippen molar-refractivity contribution in [3.63, 3.8) is 0 Å². The number of nitrogens with two attached hydrogens (primary N) is 2. The first-order valence-electron chi connectivity index (χ1n) is 28.8. The lowest BCUT2D eigenvalue weighted by atomic mass is 10.3. The molecular formula is C53H114N6O13Si9. The minimum absolute atomic E-state index is 0.232. The summed E-state index contributed by atoms with van der Waals surface area (Å²) in [5.74, 6) is 0.871. The molecule has 81 heavy (non-hydrogen) atoms. The molecule has 28 heteroatoms. The van der Waals surface area contributed by atoms with E-state index in [0.717, 1.165) is 81.5 Å². The van der Waals surface area contributed by atoms with Crippen LogP contribution >= 0.6 is 0 Å². The number of benzene rings is 2. The van der Waals surface area contributed by atoms with E-state index in [0.29, 0.717) is 39.3 Å². The maximum absolute atomic E-state index is 12.0. The molecule has 0 fully saturated rings. The highest BCUT2D eigenvalue weighted by atomic mass is 28.5. The third kappa shape index (κ3) is 47.0. The maximum Gasteiger partial charge on any atom is 0.330 e. The van der Waals surface area contributed by atoms with Crippen LogP contribution in [0.1, 0.15) is 6.42 Å². The van der Waals surface area contributed by atoms with Crippen LogP contribution in [-0.2, 0) is 47.9 Å². The van der Waals surface area contributed by atoms with Gasteiger partial charge in [-0.2, -0.15) is 0 Å². The van der Waals surface area contributed by atoms with E-state index in [9.17, 15) is 9.59 Å². The highest BCUT2D eigenvalue weighted by molar-refractivity contribution is 6.91. The summed E-state index contributed by atoms with van der Waals surface area (Å²) in [6.45, 7) is 53.7. The molecule has 0 amide bonds. The molecule has 0 aliphatic rings. The number of para-hydroxylation sites is 2. The Morgan fingerprint density at radius 2 is 0.741 bits per heavy atom. The van der Waals surface area contributed by atoms with Gasteiger partial charge in [0.2, 0.25) is 0 Å². The molecule has 8 N–H and O–H groups in total. The Labute approximate surface area is 500 Å². The predicted octanol–water partition coefficient (Wildman–Crippen LogP) is 9.13. The largest absolute Gasteiger partial charge is 0.490 e. The first-order valence-corrected chi connectivity index (χ1v) is 55.7. The Morgan fingerprint density at radius 3 is 1.07 bits per heavy atom. The summed E-state index contributed by atoms with van der Waals surface area (Å²) in [6, 6.07) is 21.4. The Morgan fingerprint density at radius 1 is 0.420 bits per heavy atom. The first-order chi connectivity index (χ1) is 37.4. The van der Waals surface area contributed by atoms with Crippen LogP contribution in [0.25, 0.3) is 0 Å². The smallest absolute Gasteiger partial charge is 0.330 e. The lowest BCUT2D eigenvalue weighted by molar-refractivity contribution is -0.144. The van der Waals surface area contributed by atoms with E-state index < -0.39 is 82.0 Å². The van der Waals surface area contributed by atoms with Crippen LogP contribution in [0.5, 0.6) is 11.5 Å². The lowest BCUT2D eigenvalue weighted by Crippen LogP contribution is -2.60. The van der Waals surface area contributed by atoms with Crippen LogP contribution in [0.4, 0.5) is 0 Å². The Kier molecular flexibility index (Phi) is 38.9. The molecule has 0 bridgehead atoms. The average molecular weight is 1300 g/mol. The van der Waals surface area contributed by atoms with Gasteiger partial charge in [0.25, 0.3) is 0 Å². The van der Waals surface area contributed by atoms with Crippen molar-refractivity contribution >= 4 is 88.0 Å². The van der Waals surface area contributed by atoms with Crippen molar-refractivity contribution in [3.8, 4) is 11.5 Å². The van der Waals surface area contributed by atoms with Gasteiger partial charge in [-0.1, -0.05) is 43.0 Å². The van der Waals surface area contributed by atoms with E-state index >= 15 is 0 Å². The van der Waals surface area contributed by atoms with Crippen LogP contribution in [0.3, 0.4) is 0 Å². The van der Waals surface area contributed by atoms with Crippen molar-refractivity contribution in [2.45, 2.75) is 149 Å². The second-order valence-electron chi connectivity index (χ2n) is 24.9. The zero-order valence-electron chi connectivity index (χ0n) is 53.7. The number of nitrogens with one attached hydrogen (secondary N) is 4. The number of hydrogen-bond acceptors (Lipinski definition) is 19. The number of rotatable bonds is 42. The Hall–Kier alpha value is -1.85. The van der Waals surface area contributed by atoms with Gasteiger partial charge in [0, 0.05) is 70.0 Å². The average Bonchev–Trinajstić information content (AvgIpc) is 3.32. The van der Waals surface area contributed by atoms with E-state index in [-0.39, 0.29) is 19.2 Å². The maximum atomic E-state index is 12.0. The standard InChI is InChI=1S/C29H64N4O7Si5.C13H38N2O3Si4.C11H12O3/c1-41(2,3)37-44(9,26-22-32-19-17-30)39-43(7,8)40-45(10,38-42(4,5)6)27-23-33-21-20-31-18-16-29(34)36-25-24-35-28-14-12-11-13-15-28;1-19(2,3)16-21(7,8)18-22(9,17-20(4,5)6)13-12-15-11-10-14;1-2-11(12)14-9-8-13-10-6-4-3-5-7-10/h11-15,31-33H,16-27,30H2,1-10H3;15H,10-14H2,1-9H3;2-7H,1,8-9H2. The third-order valence-corrected chi connectivity index (χ3v) is 41.8. The van der Waals surface area contributed by atoms with E-state index in [1.165, 1.54) is 0 Å². The minimum Gasteiger partial charge on any atom is -0.490 e. The SMILES string of the molecule is C=CC(=O)OCCOc1ccccc1.C[Si](C)(C)O[Si](C)(C)O[Si](C)(CCNCCN)O[Si](C)(C)C.C[Si](C)(C)O[Si](C)(CCNCCN)O[Si](C)(C)O[Si](C)(CCNCCNCCC(=O)OCCOc1ccccc1)O[Si](C)(C)C. The van der Waals surface area contributed by atoms with Crippen molar-refractivity contribution in [2.24, 2.45) is 11.5 Å². The first kappa shape index (κ1) is 79.2. The van der Waals surface area contributed by atoms with Crippen LogP contribution in [-0.4, -0.2) is 180 Å². The molecule has 0 aliphatic heterocycles. The van der Waals surface area contributed by atoms with Crippen LogP contribution in [0.2, 0.25) is 143 Å². The van der Waals surface area contributed by atoms with Gasteiger partial charge in [-0.3, -0.25) is 4.79 Å². The predicted molar refractivity (Wildman–Crippen MR) is 355 cm³/mol. The summed E-state index contributed by atoms with van der Waals surface area (Å²) >= 11 is 0. The van der Waals surface area contributed by atoms with Crippen molar-refractivity contribution in [3.05, 3.63) is 73.3 Å². The molecule has 0 saturated heterocycles. The number of carbonyl (C=O) groups is 2. The fraction of sp³-hybridized carbons (Fsp3) is 0.698. The van der Waals surface area contributed by atoms with Gasteiger partial charge in [-0.25, -0.2) is 4.79 Å². The topological polar surface area (TPSA) is 236 Å². The van der Waals surface area contributed by atoms with Gasteiger partial charge in [0.05, 0.1) is 6.42 Å². The Balaban J connectivity index is 0.00000145. The molecule has 2 aromatic rings. The van der Waals surface area contributed by atoms with E-state index in [1.807, 2.05) is 60.7 Å². The lowest BCUT2D eigenvalue weighted by Gasteiger charge is -2.44. The molecule has 0 heterocycles. The number of ether oxygens (including phenoxy) is 4. The van der Waals surface area contributed by atoms with Crippen LogP contribution in [0.15, 0.2) is 73.3 Å². The monoisotopic (exact) mass is 1290 g/mol. The molecular weight excluding hydrogens is 1180 g/mol. The number of esters is 2. The van der Waals surface area contributed by atoms with E-state index in [4.69, 9.17) is 59.2 Å². The van der Waals surface area contributed by atoms with Gasteiger partial charge in [0.15, 0.2) is 33.3 Å². The molecule has 2 aromatic carbocycles. The van der Waals surface area contributed by atoms with Crippen molar-refractivity contribution in [2.75, 3.05) is 91.9 Å². The Bertz CT molecular complexity index is 1990. The highest BCUT2D eigenvalue weighted by Gasteiger charge is 2.48. The highest BCUT2D eigenvalue weighted by Crippen LogP contribution is 2.30. The van der Waals surface area contributed by atoms with Crippen molar-refractivity contribution < 1.29 is 57.3 Å². The summed E-state index contributed by atoms with van der Waals surface area (Å²) < 4.78 is 67.7. The molecule has 0 saturated carbocycles. The van der Waals surface area contributed by atoms with Crippen LogP contribution < -0.4 is 42.2 Å². The molecule has 0 aliphatic carbocycles. The summed E-state index contributed by atoms with van der Waals surface area (Å²) in [6.07, 6.45) is 1.45. The molecule has 19 nitrogen and oxygen atoms in total. The molecule has 3 unspecified atom stereocenters. The summed E-state index contributed by atoms with van der Waals surface area (Å²) in [5, 5.41) is 13.6. The van der Waals surface area contributed by atoms with Crippen molar-refractivity contribution in [1.29, 1.82) is 0 Å². The summed E-state index contributed by atoms with van der Waals surface area (Å²) in [7, 11) is -19.1. The fourth-order valence-corrected chi connectivity index (χ4v) is 49.4.